The van der Waals surface area contributed by atoms with Gasteiger partial charge in [-0.3, -0.25) is 4.68 Å². The van der Waals surface area contributed by atoms with Crippen molar-refractivity contribution in [2.75, 3.05) is 13.2 Å². The fourth-order valence-corrected chi connectivity index (χ4v) is 2.81. The lowest BCUT2D eigenvalue weighted by Crippen LogP contribution is -2.24. The summed E-state index contributed by atoms with van der Waals surface area (Å²) >= 11 is 0. The maximum atomic E-state index is 5.94. The Morgan fingerprint density at radius 2 is 2.30 bits per heavy atom. The Balaban J connectivity index is 2.03. The highest BCUT2D eigenvalue weighted by Gasteiger charge is 2.23. The zero-order valence-electron chi connectivity index (χ0n) is 12.1. The molecule has 2 heterocycles. The minimum Gasteiger partial charge on any atom is -0.493 e. The average Bonchev–Trinajstić information content (AvgIpc) is 2.91. The molecule has 1 aliphatic rings. The van der Waals surface area contributed by atoms with Gasteiger partial charge in [0.1, 0.15) is 5.75 Å². The van der Waals surface area contributed by atoms with Crippen LogP contribution in [-0.4, -0.2) is 22.9 Å². The molecule has 0 fully saturated rings. The van der Waals surface area contributed by atoms with Crippen LogP contribution in [0.2, 0.25) is 0 Å². The van der Waals surface area contributed by atoms with Crippen molar-refractivity contribution in [3.63, 3.8) is 0 Å². The first-order chi connectivity index (χ1) is 9.79. The first-order valence-electron chi connectivity index (χ1n) is 7.27. The van der Waals surface area contributed by atoms with Gasteiger partial charge in [-0.25, -0.2) is 0 Å². The molecule has 2 aromatic rings. The van der Waals surface area contributed by atoms with Crippen molar-refractivity contribution < 1.29 is 4.74 Å². The second-order valence-corrected chi connectivity index (χ2v) is 5.19. The van der Waals surface area contributed by atoms with Crippen LogP contribution in [0, 0.1) is 0 Å². The van der Waals surface area contributed by atoms with Gasteiger partial charge in [-0.15, -0.1) is 0 Å². The summed E-state index contributed by atoms with van der Waals surface area (Å²) in [6.07, 6.45) is 4.19. The fourth-order valence-electron chi connectivity index (χ4n) is 2.81. The van der Waals surface area contributed by atoms with E-state index in [1.165, 1.54) is 11.1 Å². The molecule has 0 radical (unpaired) electrons. The predicted octanol–water partition coefficient (Wildman–Crippen LogP) is 2.44. The van der Waals surface area contributed by atoms with E-state index in [1.807, 2.05) is 17.9 Å². The number of rotatable bonds is 4. The van der Waals surface area contributed by atoms with Gasteiger partial charge in [0.2, 0.25) is 0 Å². The zero-order chi connectivity index (χ0) is 13.9. The van der Waals surface area contributed by atoms with Crippen molar-refractivity contribution in [2.24, 2.45) is 7.05 Å². The van der Waals surface area contributed by atoms with E-state index in [1.54, 1.807) is 0 Å². The minimum atomic E-state index is 0.0919. The predicted molar refractivity (Wildman–Crippen MR) is 79.0 cm³/mol. The van der Waals surface area contributed by atoms with Crippen molar-refractivity contribution in [1.82, 2.24) is 15.1 Å². The molecule has 0 saturated heterocycles. The van der Waals surface area contributed by atoms with Gasteiger partial charge < -0.3 is 10.1 Å². The Morgan fingerprint density at radius 3 is 3.05 bits per heavy atom. The maximum absolute atomic E-state index is 5.94. The van der Waals surface area contributed by atoms with Gasteiger partial charge in [-0.2, -0.15) is 5.10 Å². The molecule has 1 aromatic carbocycles. The van der Waals surface area contributed by atoms with Crippen LogP contribution in [0.3, 0.4) is 0 Å². The quantitative estimate of drug-likeness (QED) is 0.928. The summed E-state index contributed by atoms with van der Waals surface area (Å²) in [6, 6.07) is 8.59. The third kappa shape index (κ3) is 2.43. The molecule has 0 bridgehead atoms. The first kappa shape index (κ1) is 13.2. The molecule has 20 heavy (non-hydrogen) atoms. The van der Waals surface area contributed by atoms with Crippen molar-refractivity contribution in [2.45, 2.75) is 25.8 Å². The number of ether oxygens (including phenoxy) is 1. The summed E-state index contributed by atoms with van der Waals surface area (Å²) in [5.74, 6) is 1.05. The second kappa shape index (κ2) is 5.67. The highest BCUT2D eigenvalue weighted by Crippen LogP contribution is 2.35. The van der Waals surface area contributed by atoms with Crippen LogP contribution in [0.1, 0.15) is 36.2 Å². The Morgan fingerprint density at radius 1 is 1.40 bits per heavy atom. The molecule has 0 aliphatic carbocycles. The van der Waals surface area contributed by atoms with Crippen LogP contribution in [0.15, 0.2) is 30.5 Å². The minimum absolute atomic E-state index is 0.0919. The van der Waals surface area contributed by atoms with Gasteiger partial charge in [-0.05, 0) is 31.0 Å². The molecular weight excluding hydrogens is 250 g/mol. The third-order valence-corrected chi connectivity index (χ3v) is 3.71. The van der Waals surface area contributed by atoms with E-state index in [0.29, 0.717) is 0 Å². The molecule has 1 aromatic heterocycles. The summed E-state index contributed by atoms with van der Waals surface area (Å²) < 4.78 is 7.78. The topological polar surface area (TPSA) is 39.1 Å². The van der Waals surface area contributed by atoms with E-state index in [2.05, 4.69) is 41.6 Å². The number of nitrogens with zero attached hydrogens (tertiary/aromatic N) is 2. The normalized spacial score (nSPS) is 15.5. The first-order valence-corrected chi connectivity index (χ1v) is 7.27. The lowest BCUT2D eigenvalue weighted by molar-refractivity contribution is 0.283. The smallest absolute Gasteiger partial charge is 0.127 e. The van der Waals surface area contributed by atoms with E-state index in [9.17, 15) is 0 Å². The van der Waals surface area contributed by atoms with Crippen LogP contribution in [-0.2, 0) is 13.5 Å². The van der Waals surface area contributed by atoms with Crippen LogP contribution in [0.5, 0.6) is 5.75 Å². The molecule has 0 spiro atoms. The summed E-state index contributed by atoms with van der Waals surface area (Å²) in [7, 11) is 1.95. The largest absolute Gasteiger partial charge is 0.493 e. The fraction of sp³-hybridized carbons (Fsp3) is 0.438. The van der Waals surface area contributed by atoms with Gasteiger partial charge in [0, 0.05) is 18.8 Å². The van der Waals surface area contributed by atoms with Gasteiger partial charge in [0.15, 0.2) is 0 Å². The molecule has 1 aliphatic heterocycles. The van der Waals surface area contributed by atoms with E-state index >= 15 is 0 Å². The molecule has 4 heteroatoms. The Bertz CT molecular complexity index is 591. The van der Waals surface area contributed by atoms with E-state index in [0.717, 1.165) is 37.4 Å². The molecule has 0 saturated carbocycles. The number of para-hydroxylation sites is 1. The molecular formula is C16H21N3O. The molecule has 1 unspecified atom stereocenters. The van der Waals surface area contributed by atoms with Gasteiger partial charge in [0.25, 0.3) is 0 Å². The van der Waals surface area contributed by atoms with Crippen molar-refractivity contribution >= 4 is 0 Å². The number of aryl methyl sites for hydroxylation is 2. The van der Waals surface area contributed by atoms with E-state index in [4.69, 9.17) is 4.74 Å². The summed E-state index contributed by atoms with van der Waals surface area (Å²) in [5.41, 5.74) is 3.55. The lowest BCUT2D eigenvalue weighted by Gasteiger charge is -2.24. The molecule has 4 nitrogen and oxygen atoms in total. The summed E-state index contributed by atoms with van der Waals surface area (Å²) in [5, 5.41) is 8.08. The number of hydrogen-bond acceptors (Lipinski definition) is 3. The highest BCUT2D eigenvalue weighted by molar-refractivity contribution is 5.46. The summed E-state index contributed by atoms with van der Waals surface area (Å²) in [6.45, 7) is 3.82. The number of nitrogens with one attached hydrogen (secondary N) is 1. The van der Waals surface area contributed by atoms with E-state index < -0.39 is 0 Å². The Kier molecular flexibility index (Phi) is 3.74. The van der Waals surface area contributed by atoms with Gasteiger partial charge >= 0.3 is 0 Å². The van der Waals surface area contributed by atoms with Crippen molar-refractivity contribution in [1.29, 1.82) is 0 Å². The SMILES string of the molecule is CCNC(c1ccn(C)n1)c1cccc2c1OCCC2. The molecule has 3 rings (SSSR count). The monoisotopic (exact) mass is 271 g/mol. The van der Waals surface area contributed by atoms with Gasteiger partial charge in [-0.1, -0.05) is 25.1 Å². The standard InChI is InChI=1S/C16H21N3O/c1-3-17-15(14-9-10-19(2)18-14)13-8-4-6-12-7-5-11-20-16(12)13/h4,6,8-10,15,17H,3,5,7,11H2,1-2H3. The molecule has 1 N–H and O–H groups in total. The molecule has 1 atom stereocenters. The van der Waals surface area contributed by atoms with Crippen molar-refractivity contribution in [3.05, 3.63) is 47.3 Å². The van der Waals surface area contributed by atoms with Crippen LogP contribution in [0.4, 0.5) is 0 Å². The number of benzene rings is 1. The molecule has 106 valence electrons. The third-order valence-electron chi connectivity index (χ3n) is 3.71. The molecule has 0 amide bonds. The number of fused-ring (bicyclic) bond motifs is 1. The number of hydrogen-bond donors (Lipinski definition) is 1. The van der Waals surface area contributed by atoms with Crippen LogP contribution < -0.4 is 10.1 Å². The average molecular weight is 271 g/mol. The van der Waals surface area contributed by atoms with Crippen molar-refractivity contribution in [3.8, 4) is 5.75 Å². The van der Waals surface area contributed by atoms with Crippen LogP contribution >= 0.6 is 0 Å². The second-order valence-electron chi connectivity index (χ2n) is 5.19. The van der Waals surface area contributed by atoms with E-state index in [-0.39, 0.29) is 6.04 Å². The zero-order valence-corrected chi connectivity index (χ0v) is 12.1. The highest BCUT2D eigenvalue weighted by atomic mass is 16.5. The Labute approximate surface area is 119 Å². The number of aromatic nitrogens is 2. The van der Waals surface area contributed by atoms with Crippen LogP contribution in [0.25, 0.3) is 0 Å². The summed E-state index contributed by atoms with van der Waals surface area (Å²) in [4.78, 5) is 0. The maximum Gasteiger partial charge on any atom is 0.127 e. The van der Waals surface area contributed by atoms with Gasteiger partial charge in [0.05, 0.1) is 18.3 Å². The Hall–Kier alpha value is -1.81. The lowest BCUT2D eigenvalue weighted by atomic mass is 9.96.